The molecular weight excluding hydrogens is 363 g/mol. The van der Waals surface area contributed by atoms with Gasteiger partial charge in [0.05, 0.1) is 18.2 Å². The van der Waals surface area contributed by atoms with Crippen LogP contribution in [-0.4, -0.2) is 29.7 Å². The monoisotopic (exact) mass is 381 g/mol. The van der Waals surface area contributed by atoms with Crippen LogP contribution in [0.2, 0.25) is 0 Å². The lowest BCUT2D eigenvalue weighted by Gasteiger charge is -2.23. The van der Waals surface area contributed by atoms with Gasteiger partial charge in [0.15, 0.2) is 6.10 Å². The van der Waals surface area contributed by atoms with Gasteiger partial charge in [-0.2, -0.15) is 13.2 Å². The van der Waals surface area contributed by atoms with Crippen molar-refractivity contribution < 1.29 is 32.6 Å². The second kappa shape index (κ2) is 8.68. The Morgan fingerprint density at radius 1 is 1.07 bits per heavy atom. The molecule has 2 aromatic carbocycles. The first-order chi connectivity index (χ1) is 12.7. The van der Waals surface area contributed by atoms with Gasteiger partial charge in [-0.1, -0.05) is 30.3 Å². The number of aliphatic hydroxyl groups excluding tert-OH is 1. The summed E-state index contributed by atoms with van der Waals surface area (Å²) in [5.74, 6) is -1.65. The topological polar surface area (TPSA) is 75.6 Å². The third kappa shape index (κ3) is 5.30. The average Bonchev–Trinajstić information content (AvgIpc) is 2.65. The summed E-state index contributed by atoms with van der Waals surface area (Å²) in [7, 11) is 0. The number of rotatable bonds is 6. The second-order valence-electron chi connectivity index (χ2n) is 5.63. The third-order valence-corrected chi connectivity index (χ3v) is 3.76. The maximum absolute atomic E-state index is 12.6. The molecule has 0 spiro atoms. The highest BCUT2D eigenvalue weighted by Crippen LogP contribution is 2.29. The Hall–Kier alpha value is -2.87. The van der Waals surface area contributed by atoms with Crippen molar-refractivity contribution in [3.05, 3.63) is 71.3 Å². The van der Waals surface area contributed by atoms with Crippen LogP contribution in [0.25, 0.3) is 0 Å². The molecule has 0 fully saturated rings. The predicted molar refractivity (Wildman–Crippen MR) is 90.7 cm³/mol. The lowest BCUT2D eigenvalue weighted by molar-refractivity contribution is -0.154. The summed E-state index contributed by atoms with van der Waals surface area (Å²) < 4.78 is 42.7. The number of esters is 1. The van der Waals surface area contributed by atoms with Crippen molar-refractivity contribution in [1.29, 1.82) is 0 Å². The number of alkyl halides is 3. The van der Waals surface area contributed by atoms with Gasteiger partial charge in [-0.05, 0) is 36.8 Å². The zero-order valence-electron chi connectivity index (χ0n) is 14.4. The molecule has 0 heterocycles. The van der Waals surface area contributed by atoms with E-state index < -0.39 is 35.8 Å². The Morgan fingerprint density at radius 3 is 2.19 bits per heavy atom. The molecule has 2 N–H and O–H groups in total. The van der Waals surface area contributed by atoms with Crippen molar-refractivity contribution in [3.8, 4) is 0 Å². The van der Waals surface area contributed by atoms with Crippen LogP contribution in [-0.2, 0) is 15.7 Å². The Kier molecular flexibility index (Phi) is 6.57. The number of hydrogen-bond acceptors (Lipinski definition) is 4. The lowest BCUT2D eigenvalue weighted by atomic mass is 10.0. The fraction of sp³-hybridized carbons (Fsp3) is 0.263. The standard InChI is InChI=1S/C19H18F3NO4/c1-2-27-18(26)16(24)15(12-6-4-3-5-7-12)23-17(25)13-8-10-14(11-9-13)19(20,21)22/h3-11,15-16,24H,2H2,1H3,(H,23,25)/t15-,16-/m0/s1. The van der Waals surface area contributed by atoms with Crippen LogP contribution >= 0.6 is 0 Å². The van der Waals surface area contributed by atoms with E-state index in [0.29, 0.717) is 5.56 Å². The van der Waals surface area contributed by atoms with E-state index in [0.717, 1.165) is 24.3 Å². The summed E-state index contributed by atoms with van der Waals surface area (Å²) in [4.78, 5) is 24.3. The summed E-state index contributed by atoms with van der Waals surface area (Å²) in [6, 6.07) is 10.7. The number of carbonyl (C=O) groups is 2. The fourth-order valence-corrected chi connectivity index (χ4v) is 2.40. The molecule has 0 bridgehead atoms. The van der Waals surface area contributed by atoms with Crippen LogP contribution in [0, 0.1) is 0 Å². The molecule has 27 heavy (non-hydrogen) atoms. The Balaban J connectivity index is 2.24. The predicted octanol–water partition coefficient (Wildman–Crippen LogP) is 3.10. The van der Waals surface area contributed by atoms with Crippen LogP contribution in [0.5, 0.6) is 0 Å². The van der Waals surface area contributed by atoms with Crippen molar-refractivity contribution in [2.75, 3.05) is 6.61 Å². The Morgan fingerprint density at radius 2 is 1.67 bits per heavy atom. The van der Waals surface area contributed by atoms with Gasteiger partial charge in [-0.3, -0.25) is 4.79 Å². The molecule has 144 valence electrons. The normalized spacial score (nSPS) is 13.5. The molecule has 2 aromatic rings. The first-order valence-corrected chi connectivity index (χ1v) is 8.11. The van der Waals surface area contributed by atoms with E-state index in [-0.39, 0.29) is 12.2 Å². The minimum Gasteiger partial charge on any atom is -0.464 e. The van der Waals surface area contributed by atoms with E-state index in [2.05, 4.69) is 5.32 Å². The molecule has 0 aliphatic heterocycles. The summed E-state index contributed by atoms with van der Waals surface area (Å²) in [6.45, 7) is 1.62. The van der Waals surface area contributed by atoms with Gasteiger partial charge >= 0.3 is 12.1 Å². The highest BCUT2D eigenvalue weighted by molar-refractivity contribution is 5.95. The third-order valence-electron chi connectivity index (χ3n) is 3.76. The average molecular weight is 381 g/mol. The number of amides is 1. The zero-order valence-corrected chi connectivity index (χ0v) is 14.4. The van der Waals surface area contributed by atoms with Gasteiger partial charge in [-0.25, -0.2) is 4.79 Å². The van der Waals surface area contributed by atoms with E-state index in [4.69, 9.17) is 4.74 Å². The van der Waals surface area contributed by atoms with Crippen LogP contribution < -0.4 is 5.32 Å². The van der Waals surface area contributed by atoms with Crippen LogP contribution in [0.4, 0.5) is 13.2 Å². The van der Waals surface area contributed by atoms with E-state index in [1.807, 2.05) is 0 Å². The number of carbonyl (C=O) groups excluding carboxylic acids is 2. The van der Waals surface area contributed by atoms with Gasteiger partial charge < -0.3 is 15.2 Å². The summed E-state index contributed by atoms with van der Waals surface area (Å²) in [5.41, 5.74) is -0.483. The van der Waals surface area contributed by atoms with Crippen LogP contribution in [0.1, 0.15) is 34.5 Å². The van der Waals surface area contributed by atoms with Crippen LogP contribution in [0.3, 0.4) is 0 Å². The number of aliphatic hydroxyl groups is 1. The fourth-order valence-electron chi connectivity index (χ4n) is 2.40. The number of ether oxygens (including phenoxy) is 1. The second-order valence-corrected chi connectivity index (χ2v) is 5.63. The molecule has 2 rings (SSSR count). The Bertz CT molecular complexity index is 776. The molecule has 8 heteroatoms. The van der Waals surface area contributed by atoms with Crippen molar-refractivity contribution >= 4 is 11.9 Å². The molecule has 0 aliphatic carbocycles. The molecule has 0 unspecified atom stereocenters. The van der Waals surface area contributed by atoms with Crippen LogP contribution in [0.15, 0.2) is 54.6 Å². The highest BCUT2D eigenvalue weighted by Gasteiger charge is 2.32. The van der Waals surface area contributed by atoms with Crippen molar-refractivity contribution in [3.63, 3.8) is 0 Å². The van der Waals surface area contributed by atoms with Gasteiger partial charge in [0.1, 0.15) is 0 Å². The quantitative estimate of drug-likeness (QED) is 0.754. The van der Waals surface area contributed by atoms with E-state index in [1.165, 1.54) is 0 Å². The van der Waals surface area contributed by atoms with E-state index in [1.54, 1.807) is 37.3 Å². The molecule has 5 nitrogen and oxygen atoms in total. The molecule has 0 aliphatic rings. The minimum absolute atomic E-state index is 0.0417. The van der Waals surface area contributed by atoms with Gasteiger partial charge in [0.25, 0.3) is 5.91 Å². The maximum Gasteiger partial charge on any atom is 0.416 e. The molecular formula is C19H18F3NO4. The first-order valence-electron chi connectivity index (χ1n) is 8.11. The molecule has 1 amide bonds. The SMILES string of the molecule is CCOC(=O)[C@@H](O)[C@@H](NC(=O)c1ccc(C(F)(F)F)cc1)c1ccccc1. The van der Waals surface area contributed by atoms with Gasteiger partial charge in [-0.15, -0.1) is 0 Å². The minimum atomic E-state index is -4.51. The van der Waals surface area contributed by atoms with Crippen molar-refractivity contribution in [2.45, 2.75) is 25.2 Å². The highest BCUT2D eigenvalue weighted by atomic mass is 19.4. The number of benzene rings is 2. The number of hydrogen-bond donors (Lipinski definition) is 2. The molecule has 0 saturated carbocycles. The largest absolute Gasteiger partial charge is 0.464 e. The summed E-state index contributed by atoms with van der Waals surface area (Å²) in [6.07, 6.45) is -6.19. The number of nitrogens with one attached hydrogen (secondary N) is 1. The maximum atomic E-state index is 12.6. The van der Waals surface area contributed by atoms with Crippen molar-refractivity contribution in [1.82, 2.24) is 5.32 Å². The number of halogens is 3. The molecule has 0 aromatic heterocycles. The molecule has 2 atom stereocenters. The first kappa shape index (κ1) is 20.4. The lowest BCUT2D eigenvalue weighted by Crippen LogP contribution is -2.41. The summed E-state index contributed by atoms with van der Waals surface area (Å²) >= 11 is 0. The summed E-state index contributed by atoms with van der Waals surface area (Å²) in [5, 5.41) is 12.7. The van der Waals surface area contributed by atoms with E-state index in [9.17, 15) is 27.9 Å². The molecule has 0 radical (unpaired) electrons. The molecule has 0 saturated heterocycles. The Labute approximate surface area is 153 Å². The van der Waals surface area contributed by atoms with Gasteiger partial charge in [0.2, 0.25) is 0 Å². The van der Waals surface area contributed by atoms with Gasteiger partial charge in [0, 0.05) is 5.56 Å². The van der Waals surface area contributed by atoms with E-state index >= 15 is 0 Å². The zero-order chi connectivity index (χ0) is 20.0. The van der Waals surface area contributed by atoms with Crippen molar-refractivity contribution in [2.24, 2.45) is 0 Å². The smallest absolute Gasteiger partial charge is 0.416 e.